The predicted octanol–water partition coefficient (Wildman–Crippen LogP) is 3.86. The van der Waals surface area contributed by atoms with Gasteiger partial charge in [0.15, 0.2) is 0 Å². The second-order valence-electron chi connectivity index (χ2n) is 6.18. The molecule has 0 unspecified atom stereocenters. The molecule has 1 heterocycles. The third kappa shape index (κ3) is 4.30. The Balaban J connectivity index is 1.80. The van der Waals surface area contributed by atoms with Gasteiger partial charge in [0.1, 0.15) is 17.7 Å². The zero-order valence-corrected chi connectivity index (χ0v) is 15.0. The van der Waals surface area contributed by atoms with Crippen LogP contribution in [0.2, 0.25) is 0 Å². The first-order valence-electron chi connectivity index (χ1n) is 8.49. The van der Waals surface area contributed by atoms with Gasteiger partial charge in [-0.1, -0.05) is 47.6 Å². The molecule has 5 nitrogen and oxygen atoms in total. The molecule has 1 amide bonds. The highest BCUT2D eigenvalue weighted by molar-refractivity contribution is 5.77. The largest absolute Gasteiger partial charge is 0.497 e. The lowest BCUT2D eigenvalue weighted by Crippen LogP contribution is -2.28. The standard InChI is InChI=1S/C21H22N2O3/c1-23(15-18-12-13-26-22-18)21(24)14-20(16-6-4-3-5-7-16)17-8-10-19(25-2)11-9-17/h3-13,20H,14-15H2,1-2H3/t20-/m1/s1. The van der Waals surface area contributed by atoms with Crippen LogP contribution in [0.3, 0.4) is 0 Å². The zero-order chi connectivity index (χ0) is 18.4. The average Bonchev–Trinajstić information content (AvgIpc) is 3.19. The molecule has 0 bridgehead atoms. The quantitative estimate of drug-likeness (QED) is 0.649. The van der Waals surface area contributed by atoms with Gasteiger partial charge in [0.25, 0.3) is 0 Å². The van der Waals surface area contributed by atoms with Crippen molar-refractivity contribution in [3.63, 3.8) is 0 Å². The van der Waals surface area contributed by atoms with Gasteiger partial charge in [0.05, 0.1) is 13.7 Å². The van der Waals surface area contributed by atoms with Crippen LogP contribution in [0.1, 0.15) is 29.2 Å². The van der Waals surface area contributed by atoms with Crippen molar-refractivity contribution in [1.29, 1.82) is 0 Å². The predicted molar refractivity (Wildman–Crippen MR) is 98.9 cm³/mol. The van der Waals surface area contributed by atoms with E-state index in [1.54, 1.807) is 25.1 Å². The van der Waals surface area contributed by atoms with Gasteiger partial charge in [-0.05, 0) is 23.3 Å². The summed E-state index contributed by atoms with van der Waals surface area (Å²) < 4.78 is 10.1. The van der Waals surface area contributed by atoms with Crippen molar-refractivity contribution in [2.24, 2.45) is 0 Å². The number of hydrogen-bond donors (Lipinski definition) is 0. The summed E-state index contributed by atoms with van der Waals surface area (Å²) in [6, 6.07) is 19.7. The van der Waals surface area contributed by atoms with E-state index in [-0.39, 0.29) is 11.8 Å². The van der Waals surface area contributed by atoms with E-state index in [1.165, 1.54) is 6.26 Å². The Morgan fingerprint density at radius 2 is 1.77 bits per heavy atom. The number of benzene rings is 2. The smallest absolute Gasteiger partial charge is 0.223 e. The van der Waals surface area contributed by atoms with E-state index in [0.29, 0.717) is 13.0 Å². The maximum Gasteiger partial charge on any atom is 0.223 e. The molecule has 0 saturated heterocycles. The fourth-order valence-electron chi connectivity index (χ4n) is 2.93. The minimum atomic E-state index is -0.0191. The molecular weight excluding hydrogens is 328 g/mol. The Labute approximate surface area is 153 Å². The van der Waals surface area contributed by atoms with Crippen molar-refractivity contribution in [2.45, 2.75) is 18.9 Å². The highest BCUT2D eigenvalue weighted by Crippen LogP contribution is 2.30. The Hall–Kier alpha value is -3.08. The van der Waals surface area contributed by atoms with Crippen molar-refractivity contribution in [1.82, 2.24) is 10.1 Å². The van der Waals surface area contributed by atoms with Crippen LogP contribution in [0.15, 0.2) is 71.4 Å². The number of carbonyl (C=O) groups is 1. The Bertz CT molecular complexity index is 814. The number of carbonyl (C=O) groups excluding carboxylic acids is 1. The lowest BCUT2D eigenvalue weighted by molar-refractivity contribution is -0.130. The van der Waals surface area contributed by atoms with Crippen molar-refractivity contribution in [3.05, 3.63) is 83.7 Å². The van der Waals surface area contributed by atoms with E-state index in [2.05, 4.69) is 17.3 Å². The van der Waals surface area contributed by atoms with E-state index in [0.717, 1.165) is 22.6 Å². The molecule has 0 aliphatic rings. The van der Waals surface area contributed by atoms with E-state index >= 15 is 0 Å². The first-order valence-corrected chi connectivity index (χ1v) is 8.49. The number of amides is 1. The molecule has 2 aromatic carbocycles. The molecule has 5 heteroatoms. The van der Waals surface area contributed by atoms with Crippen LogP contribution in [0.5, 0.6) is 5.75 Å². The second kappa shape index (κ2) is 8.34. The summed E-state index contributed by atoms with van der Waals surface area (Å²) in [7, 11) is 3.43. The first kappa shape index (κ1) is 17.7. The number of aromatic nitrogens is 1. The molecule has 134 valence electrons. The van der Waals surface area contributed by atoms with E-state index in [4.69, 9.17) is 9.26 Å². The van der Waals surface area contributed by atoms with Crippen LogP contribution in [0.4, 0.5) is 0 Å². The lowest BCUT2D eigenvalue weighted by Gasteiger charge is -2.22. The molecule has 26 heavy (non-hydrogen) atoms. The third-order valence-corrected chi connectivity index (χ3v) is 4.42. The van der Waals surface area contributed by atoms with Gasteiger partial charge >= 0.3 is 0 Å². The fraction of sp³-hybridized carbons (Fsp3) is 0.238. The number of hydrogen-bond acceptors (Lipinski definition) is 4. The summed E-state index contributed by atoms with van der Waals surface area (Å²) in [5, 5.41) is 3.87. The summed E-state index contributed by atoms with van der Waals surface area (Å²) >= 11 is 0. The highest BCUT2D eigenvalue weighted by atomic mass is 16.5. The van der Waals surface area contributed by atoms with Crippen LogP contribution >= 0.6 is 0 Å². The van der Waals surface area contributed by atoms with E-state index in [1.807, 2.05) is 42.5 Å². The topological polar surface area (TPSA) is 55.6 Å². The molecule has 0 spiro atoms. The highest BCUT2D eigenvalue weighted by Gasteiger charge is 2.21. The maximum atomic E-state index is 12.8. The molecule has 3 aromatic rings. The van der Waals surface area contributed by atoms with Gasteiger partial charge in [0, 0.05) is 25.5 Å². The molecule has 0 radical (unpaired) electrons. The second-order valence-corrected chi connectivity index (χ2v) is 6.18. The summed E-state index contributed by atoms with van der Waals surface area (Å²) in [5.74, 6) is 0.835. The van der Waals surface area contributed by atoms with E-state index in [9.17, 15) is 4.79 Å². The van der Waals surface area contributed by atoms with Crippen molar-refractivity contribution < 1.29 is 14.1 Å². The maximum absolute atomic E-state index is 12.8. The number of rotatable bonds is 7. The molecule has 0 aliphatic carbocycles. The SMILES string of the molecule is COc1ccc([C@H](CC(=O)N(C)Cc2ccon2)c2ccccc2)cc1. The lowest BCUT2D eigenvalue weighted by atomic mass is 9.88. The first-order chi connectivity index (χ1) is 12.7. The third-order valence-electron chi connectivity index (χ3n) is 4.42. The van der Waals surface area contributed by atoms with E-state index < -0.39 is 0 Å². The van der Waals surface area contributed by atoms with Crippen molar-refractivity contribution >= 4 is 5.91 Å². The molecular formula is C21H22N2O3. The summed E-state index contributed by atoms with van der Waals surface area (Å²) in [6.45, 7) is 0.430. The molecule has 1 atom stereocenters. The van der Waals surface area contributed by atoms with Gasteiger partial charge in [-0.15, -0.1) is 0 Å². The van der Waals surface area contributed by atoms with Crippen LogP contribution in [-0.4, -0.2) is 30.1 Å². The molecule has 0 saturated carbocycles. The van der Waals surface area contributed by atoms with Gasteiger partial charge in [0.2, 0.25) is 5.91 Å². The van der Waals surface area contributed by atoms with Crippen LogP contribution in [0.25, 0.3) is 0 Å². The van der Waals surface area contributed by atoms with Gasteiger partial charge < -0.3 is 14.2 Å². The molecule has 0 N–H and O–H groups in total. The molecule has 0 fully saturated rings. The fourth-order valence-corrected chi connectivity index (χ4v) is 2.93. The molecule has 3 rings (SSSR count). The van der Waals surface area contributed by atoms with Crippen molar-refractivity contribution in [2.75, 3.05) is 14.2 Å². The van der Waals surface area contributed by atoms with Crippen LogP contribution in [-0.2, 0) is 11.3 Å². The number of ether oxygens (including phenoxy) is 1. The van der Waals surface area contributed by atoms with Gasteiger partial charge in [-0.2, -0.15) is 0 Å². The minimum Gasteiger partial charge on any atom is -0.497 e. The Kier molecular flexibility index (Phi) is 5.69. The molecule has 1 aromatic heterocycles. The van der Waals surface area contributed by atoms with Gasteiger partial charge in [-0.3, -0.25) is 4.79 Å². The minimum absolute atomic E-state index is 0.0191. The van der Waals surface area contributed by atoms with Crippen molar-refractivity contribution in [3.8, 4) is 5.75 Å². The number of methoxy groups -OCH3 is 1. The average molecular weight is 350 g/mol. The monoisotopic (exact) mass is 350 g/mol. The summed E-state index contributed by atoms with van der Waals surface area (Å²) in [6.07, 6.45) is 1.89. The summed E-state index contributed by atoms with van der Waals surface area (Å²) in [4.78, 5) is 14.5. The van der Waals surface area contributed by atoms with Gasteiger partial charge in [-0.25, -0.2) is 0 Å². The van der Waals surface area contributed by atoms with Crippen LogP contribution in [0, 0.1) is 0 Å². The number of nitrogens with zero attached hydrogens (tertiary/aromatic N) is 2. The Morgan fingerprint density at radius 3 is 2.38 bits per heavy atom. The Morgan fingerprint density at radius 1 is 1.08 bits per heavy atom. The normalized spacial score (nSPS) is 11.8. The molecule has 0 aliphatic heterocycles. The zero-order valence-electron chi connectivity index (χ0n) is 15.0. The van der Waals surface area contributed by atoms with Crippen LogP contribution < -0.4 is 4.74 Å². The summed E-state index contributed by atoms with van der Waals surface area (Å²) in [5.41, 5.74) is 2.93.